The number of allylic oxidation sites excluding steroid dienone is 2. The van der Waals surface area contributed by atoms with E-state index in [0.29, 0.717) is 24.3 Å². The van der Waals surface area contributed by atoms with Crippen LogP contribution in [0.2, 0.25) is 0 Å². The molecular weight excluding hydrogens is 356 g/mol. The number of ether oxygens (including phenoxy) is 2. The molecule has 5 heteroatoms. The normalized spacial score (nSPS) is 17.6. The number of methoxy groups -OCH3 is 2. The van der Waals surface area contributed by atoms with Crippen LogP contribution in [0.1, 0.15) is 36.8 Å². The number of rotatable bonds is 4. The summed E-state index contributed by atoms with van der Waals surface area (Å²) in [6.07, 6.45) is 7.00. The average molecular weight is 380 g/mol. The maximum atomic E-state index is 13.1. The fourth-order valence-electron chi connectivity index (χ4n) is 3.31. The van der Waals surface area contributed by atoms with E-state index >= 15 is 0 Å². The third kappa shape index (κ3) is 4.36. The Morgan fingerprint density at radius 3 is 1.61 bits per heavy atom. The number of phenols is 2. The van der Waals surface area contributed by atoms with Crippen molar-refractivity contribution in [3.05, 3.63) is 58.7 Å². The van der Waals surface area contributed by atoms with Crippen LogP contribution in [-0.2, 0) is 4.79 Å². The lowest BCUT2D eigenvalue weighted by molar-refractivity contribution is -0.112. The topological polar surface area (TPSA) is 76.0 Å². The number of carbonyl (C=O) groups is 1. The van der Waals surface area contributed by atoms with Crippen LogP contribution >= 0.6 is 0 Å². The minimum atomic E-state index is 0.0246. The molecule has 2 aromatic rings. The number of hydrogen-bond donors (Lipinski definition) is 2. The Morgan fingerprint density at radius 2 is 1.21 bits per heavy atom. The maximum absolute atomic E-state index is 13.1. The van der Waals surface area contributed by atoms with Crippen LogP contribution in [0.5, 0.6) is 23.0 Å². The molecule has 0 saturated heterocycles. The molecule has 0 spiro atoms. The number of benzene rings is 2. The third-order valence-corrected chi connectivity index (χ3v) is 4.81. The lowest BCUT2D eigenvalue weighted by atomic mass is 9.97. The number of hydrogen-bond acceptors (Lipinski definition) is 5. The summed E-state index contributed by atoms with van der Waals surface area (Å²) in [6.45, 7) is 0. The number of phenolic OH excluding ortho intramolecular Hbond substituents is 2. The van der Waals surface area contributed by atoms with Crippen molar-refractivity contribution in [1.29, 1.82) is 0 Å². The fraction of sp³-hybridized carbons (Fsp3) is 0.261. The Hall–Kier alpha value is -3.21. The molecule has 0 unspecified atom stereocenters. The highest BCUT2D eigenvalue weighted by atomic mass is 16.5. The van der Waals surface area contributed by atoms with Gasteiger partial charge in [-0.05, 0) is 73.2 Å². The quantitative estimate of drug-likeness (QED) is 0.593. The van der Waals surface area contributed by atoms with Gasteiger partial charge in [0.1, 0.15) is 0 Å². The Balaban J connectivity index is 1.94. The smallest absolute Gasteiger partial charge is 0.185 e. The van der Waals surface area contributed by atoms with Crippen molar-refractivity contribution in [3.8, 4) is 23.0 Å². The van der Waals surface area contributed by atoms with Gasteiger partial charge in [0.25, 0.3) is 0 Å². The first-order valence-electron chi connectivity index (χ1n) is 9.21. The minimum Gasteiger partial charge on any atom is -0.504 e. The summed E-state index contributed by atoms with van der Waals surface area (Å²) in [5.41, 5.74) is 3.10. The van der Waals surface area contributed by atoms with Gasteiger partial charge in [-0.1, -0.05) is 12.1 Å². The van der Waals surface area contributed by atoms with E-state index < -0.39 is 0 Å². The summed E-state index contributed by atoms with van der Waals surface area (Å²) in [4.78, 5) is 13.1. The van der Waals surface area contributed by atoms with Gasteiger partial charge in [0.05, 0.1) is 14.2 Å². The van der Waals surface area contributed by atoms with Crippen LogP contribution in [0.25, 0.3) is 12.2 Å². The van der Waals surface area contributed by atoms with Gasteiger partial charge in [-0.15, -0.1) is 0 Å². The summed E-state index contributed by atoms with van der Waals surface area (Å²) >= 11 is 0. The van der Waals surface area contributed by atoms with Crippen molar-refractivity contribution in [3.63, 3.8) is 0 Å². The Kier molecular flexibility index (Phi) is 6.04. The summed E-state index contributed by atoms with van der Waals surface area (Å²) in [5.74, 6) is 0.916. The Morgan fingerprint density at radius 1 is 0.786 bits per heavy atom. The number of carbonyl (C=O) groups excluding carboxylic acids is 1. The summed E-state index contributed by atoms with van der Waals surface area (Å²) < 4.78 is 10.3. The molecule has 28 heavy (non-hydrogen) atoms. The zero-order valence-electron chi connectivity index (χ0n) is 16.1. The van der Waals surface area contributed by atoms with E-state index in [2.05, 4.69) is 0 Å². The molecule has 1 fully saturated rings. The second-order valence-electron chi connectivity index (χ2n) is 6.74. The van der Waals surface area contributed by atoms with Crippen molar-refractivity contribution in [2.75, 3.05) is 14.2 Å². The number of ketones is 1. The number of aromatic hydroxyl groups is 2. The lowest BCUT2D eigenvalue weighted by Gasteiger charge is -2.08. The van der Waals surface area contributed by atoms with E-state index in [1.165, 1.54) is 14.2 Å². The molecule has 0 atom stereocenters. The van der Waals surface area contributed by atoms with Crippen molar-refractivity contribution in [2.45, 2.75) is 25.7 Å². The van der Waals surface area contributed by atoms with Gasteiger partial charge < -0.3 is 19.7 Å². The van der Waals surface area contributed by atoms with Crippen LogP contribution in [-0.4, -0.2) is 30.2 Å². The van der Waals surface area contributed by atoms with Crippen LogP contribution in [0.3, 0.4) is 0 Å². The van der Waals surface area contributed by atoms with Gasteiger partial charge in [-0.3, -0.25) is 4.79 Å². The van der Waals surface area contributed by atoms with Gasteiger partial charge in [-0.25, -0.2) is 0 Å². The summed E-state index contributed by atoms with van der Waals surface area (Å²) in [5, 5.41) is 19.5. The zero-order valence-corrected chi connectivity index (χ0v) is 16.1. The van der Waals surface area contributed by atoms with Crippen molar-refractivity contribution >= 4 is 17.9 Å². The highest BCUT2D eigenvalue weighted by Gasteiger charge is 2.19. The van der Waals surface area contributed by atoms with E-state index in [1.54, 1.807) is 36.4 Å². The van der Waals surface area contributed by atoms with Crippen LogP contribution < -0.4 is 9.47 Å². The standard InChI is InChI=1S/C23H24O5/c1-27-21-13-15(7-9-19(21)24)11-17-5-3-4-6-18(23(17)26)12-16-8-10-20(25)22(14-16)28-2/h7-14,24-25H,3-6H2,1-2H3/b17-11-,18-12-. The first-order valence-corrected chi connectivity index (χ1v) is 9.21. The molecule has 2 N–H and O–H groups in total. The number of Topliss-reactive ketones (excluding diaryl/α,β-unsaturated/α-hetero) is 1. The molecule has 0 heterocycles. The zero-order chi connectivity index (χ0) is 20.1. The SMILES string of the molecule is COc1cc(/C=C2/CCCC/C(=C/c3ccc(O)c(OC)c3)C2=O)ccc1O. The molecule has 0 aromatic heterocycles. The molecule has 146 valence electrons. The Bertz CT molecular complexity index is 865. The van der Waals surface area contributed by atoms with Gasteiger partial charge in [-0.2, -0.15) is 0 Å². The fourth-order valence-corrected chi connectivity index (χ4v) is 3.31. The summed E-state index contributed by atoms with van der Waals surface area (Å²) in [6, 6.07) is 10.1. The van der Waals surface area contributed by atoms with Crippen molar-refractivity contribution in [1.82, 2.24) is 0 Å². The minimum absolute atomic E-state index is 0.0246. The van der Waals surface area contributed by atoms with Crippen LogP contribution in [0.4, 0.5) is 0 Å². The molecule has 1 aliphatic carbocycles. The predicted octanol–water partition coefficient (Wildman–Crippen LogP) is 4.73. The lowest BCUT2D eigenvalue weighted by Crippen LogP contribution is -2.04. The van der Waals surface area contributed by atoms with E-state index in [9.17, 15) is 15.0 Å². The van der Waals surface area contributed by atoms with E-state index in [1.807, 2.05) is 12.2 Å². The van der Waals surface area contributed by atoms with Gasteiger partial charge in [0.15, 0.2) is 28.8 Å². The van der Waals surface area contributed by atoms with E-state index in [4.69, 9.17) is 9.47 Å². The molecule has 0 aliphatic heterocycles. The average Bonchev–Trinajstić information content (AvgIpc) is 2.87. The molecule has 5 nitrogen and oxygen atoms in total. The molecule has 1 aliphatic rings. The molecule has 0 amide bonds. The molecular formula is C23H24O5. The maximum Gasteiger partial charge on any atom is 0.185 e. The highest BCUT2D eigenvalue weighted by molar-refractivity contribution is 6.13. The second kappa shape index (κ2) is 8.65. The first kappa shape index (κ1) is 19.5. The first-order chi connectivity index (χ1) is 13.5. The van der Waals surface area contributed by atoms with Crippen LogP contribution in [0, 0.1) is 0 Å². The second-order valence-corrected chi connectivity index (χ2v) is 6.74. The highest BCUT2D eigenvalue weighted by Crippen LogP contribution is 2.32. The monoisotopic (exact) mass is 380 g/mol. The molecule has 0 radical (unpaired) electrons. The molecule has 0 bridgehead atoms. The predicted molar refractivity (Wildman–Crippen MR) is 109 cm³/mol. The molecule has 1 saturated carbocycles. The van der Waals surface area contributed by atoms with Gasteiger partial charge in [0, 0.05) is 11.1 Å². The van der Waals surface area contributed by atoms with E-state index in [-0.39, 0.29) is 17.3 Å². The van der Waals surface area contributed by atoms with E-state index in [0.717, 1.165) is 35.1 Å². The Labute approximate surface area is 164 Å². The van der Waals surface area contributed by atoms with Crippen molar-refractivity contribution < 1.29 is 24.5 Å². The van der Waals surface area contributed by atoms with Gasteiger partial charge in [0.2, 0.25) is 0 Å². The molecule has 2 aromatic carbocycles. The van der Waals surface area contributed by atoms with Crippen LogP contribution in [0.15, 0.2) is 47.5 Å². The van der Waals surface area contributed by atoms with Gasteiger partial charge >= 0.3 is 0 Å². The molecule has 3 rings (SSSR count). The van der Waals surface area contributed by atoms with Crippen molar-refractivity contribution in [2.24, 2.45) is 0 Å². The summed E-state index contributed by atoms with van der Waals surface area (Å²) in [7, 11) is 2.99. The third-order valence-electron chi connectivity index (χ3n) is 4.81. The largest absolute Gasteiger partial charge is 0.504 e.